The molecule has 0 radical (unpaired) electrons. The zero-order valence-corrected chi connectivity index (χ0v) is 10.7. The molecule has 1 aromatic heterocycles. The van der Waals surface area contributed by atoms with Gasteiger partial charge >= 0.3 is 0 Å². The Morgan fingerprint density at radius 2 is 2.35 bits per heavy atom. The number of rotatable bonds is 3. The van der Waals surface area contributed by atoms with E-state index in [2.05, 4.69) is 11.1 Å². The van der Waals surface area contributed by atoms with Crippen LogP contribution in [0.2, 0.25) is 0 Å². The highest BCUT2D eigenvalue weighted by Crippen LogP contribution is 2.26. The van der Waals surface area contributed by atoms with Crippen LogP contribution in [0.5, 0.6) is 0 Å². The summed E-state index contributed by atoms with van der Waals surface area (Å²) < 4.78 is 32.1. The molecule has 1 aliphatic heterocycles. The summed E-state index contributed by atoms with van der Waals surface area (Å²) in [6, 6.07) is 2.05. The molecule has 0 fully saturated rings. The van der Waals surface area contributed by atoms with Crippen LogP contribution in [0.4, 0.5) is 0 Å². The van der Waals surface area contributed by atoms with Crippen LogP contribution in [-0.2, 0) is 25.5 Å². The second-order valence-corrected chi connectivity index (χ2v) is 5.80. The first-order chi connectivity index (χ1) is 7.96. The van der Waals surface area contributed by atoms with Gasteiger partial charge in [-0.05, 0) is 24.5 Å². The smallest absolute Gasteiger partial charge is 0.264 e. The van der Waals surface area contributed by atoms with Crippen molar-refractivity contribution in [1.82, 2.24) is 4.98 Å². The molecule has 0 aromatic carbocycles. The van der Waals surface area contributed by atoms with Crippen molar-refractivity contribution in [2.75, 3.05) is 19.5 Å². The molecule has 0 saturated heterocycles. The molecule has 0 bridgehead atoms. The summed E-state index contributed by atoms with van der Waals surface area (Å²) in [6.45, 7) is 2.53. The fourth-order valence-corrected chi connectivity index (χ4v) is 2.20. The van der Waals surface area contributed by atoms with Crippen molar-refractivity contribution in [1.29, 1.82) is 0 Å². The van der Waals surface area contributed by atoms with E-state index >= 15 is 0 Å². The van der Waals surface area contributed by atoms with Crippen LogP contribution in [0, 0.1) is 6.92 Å². The lowest BCUT2D eigenvalue weighted by Gasteiger charge is -2.24. The van der Waals surface area contributed by atoms with E-state index in [1.807, 2.05) is 6.92 Å². The van der Waals surface area contributed by atoms with Crippen molar-refractivity contribution in [2.45, 2.75) is 19.4 Å². The molecule has 6 heteroatoms. The van der Waals surface area contributed by atoms with E-state index < -0.39 is 16.2 Å². The Balaban J connectivity index is 2.17. The molecule has 0 aliphatic carbocycles. The topological polar surface area (TPSA) is 65.5 Å². The Bertz CT molecular complexity index is 512. The molecule has 5 nitrogen and oxygen atoms in total. The number of hydrogen-bond donors (Lipinski definition) is 0. The molecular weight excluding hydrogens is 242 g/mol. The Labute approximate surface area is 101 Å². The number of aromatic nitrogens is 1. The highest BCUT2D eigenvalue weighted by Gasteiger charge is 2.23. The van der Waals surface area contributed by atoms with Gasteiger partial charge in [-0.15, -0.1) is 0 Å². The summed E-state index contributed by atoms with van der Waals surface area (Å²) in [6.07, 6.45) is 3.19. The minimum atomic E-state index is -3.44. The Morgan fingerprint density at radius 3 is 3.06 bits per heavy atom. The Morgan fingerprint density at radius 1 is 1.59 bits per heavy atom. The van der Waals surface area contributed by atoms with Gasteiger partial charge in [0.05, 0.1) is 25.2 Å². The van der Waals surface area contributed by atoms with Crippen LogP contribution < -0.4 is 0 Å². The number of ether oxygens (including phenoxy) is 1. The number of aryl methyl sites for hydroxylation is 1. The monoisotopic (exact) mass is 257 g/mol. The second-order valence-electron chi connectivity index (χ2n) is 4.16. The summed E-state index contributed by atoms with van der Waals surface area (Å²) in [4.78, 5) is 4.30. The third kappa shape index (κ3) is 3.24. The first-order valence-electron chi connectivity index (χ1n) is 5.37. The second kappa shape index (κ2) is 4.72. The lowest BCUT2D eigenvalue weighted by atomic mass is 10.0. The summed E-state index contributed by atoms with van der Waals surface area (Å²) in [5.74, 6) is 0. The molecule has 17 heavy (non-hydrogen) atoms. The molecule has 1 atom stereocenters. The van der Waals surface area contributed by atoms with E-state index in [1.54, 1.807) is 6.20 Å². The average Bonchev–Trinajstić information content (AvgIpc) is 2.24. The Hall–Kier alpha value is -0.980. The standard InChI is InChI=1S/C11H15NO4S/c1-8-5-9-3-4-15-10(11(9)12-6-8)7-16-17(2,13)14/h5-6,10H,3-4,7H2,1-2H3. The number of hydrogen-bond acceptors (Lipinski definition) is 5. The minimum Gasteiger partial charge on any atom is -0.369 e. The first-order valence-corrected chi connectivity index (χ1v) is 7.19. The van der Waals surface area contributed by atoms with Gasteiger partial charge in [0.2, 0.25) is 0 Å². The van der Waals surface area contributed by atoms with Crippen molar-refractivity contribution >= 4 is 10.1 Å². The van der Waals surface area contributed by atoms with Gasteiger partial charge in [-0.2, -0.15) is 8.42 Å². The van der Waals surface area contributed by atoms with Crippen LogP contribution in [0.3, 0.4) is 0 Å². The molecule has 1 aromatic rings. The lowest BCUT2D eigenvalue weighted by molar-refractivity contribution is 0.00884. The third-order valence-corrected chi connectivity index (χ3v) is 3.13. The molecule has 0 spiro atoms. The van der Waals surface area contributed by atoms with Crippen molar-refractivity contribution in [3.05, 3.63) is 29.1 Å². The number of fused-ring (bicyclic) bond motifs is 1. The lowest BCUT2D eigenvalue weighted by Crippen LogP contribution is -2.23. The van der Waals surface area contributed by atoms with E-state index in [1.165, 1.54) is 0 Å². The Kier molecular flexibility index (Phi) is 3.46. The van der Waals surface area contributed by atoms with Gasteiger partial charge in [0.25, 0.3) is 10.1 Å². The molecule has 94 valence electrons. The quantitative estimate of drug-likeness (QED) is 0.755. The molecule has 1 aliphatic rings. The largest absolute Gasteiger partial charge is 0.369 e. The SMILES string of the molecule is Cc1cnc2c(c1)CCOC2COS(C)(=O)=O. The summed E-state index contributed by atoms with van der Waals surface area (Å²) in [5.41, 5.74) is 2.98. The number of pyridine rings is 1. The van der Waals surface area contributed by atoms with Gasteiger partial charge in [-0.25, -0.2) is 0 Å². The fourth-order valence-electron chi connectivity index (χ4n) is 1.83. The van der Waals surface area contributed by atoms with Crippen molar-refractivity contribution in [3.8, 4) is 0 Å². The number of nitrogens with zero attached hydrogens (tertiary/aromatic N) is 1. The molecule has 2 rings (SSSR count). The van der Waals surface area contributed by atoms with E-state index in [-0.39, 0.29) is 6.61 Å². The molecule has 0 saturated carbocycles. The molecular formula is C11H15NO4S. The first kappa shape index (κ1) is 12.5. The van der Waals surface area contributed by atoms with Gasteiger partial charge in [0, 0.05) is 6.20 Å². The maximum Gasteiger partial charge on any atom is 0.264 e. The zero-order chi connectivity index (χ0) is 12.5. The zero-order valence-electron chi connectivity index (χ0n) is 9.84. The van der Waals surface area contributed by atoms with Crippen LogP contribution >= 0.6 is 0 Å². The summed E-state index contributed by atoms with van der Waals surface area (Å²) >= 11 is 0. The van der Waals surface area contributed by atoms with Crippen LogP contribution in [0.1, 0.15) is 22.9 Å². The average molecular weight is 257 g/mol. The molecule has 0 N–H and O–H groups in total. The van der Waals surface area contributed by atoms with Crippen molar-refractivity contribution < 1.29 is 17.3 Å². The van der Waals surface area contributed by atoms with Crippen LogP contribution in [-0.4, -0.2) is 32.9 Å². The van der Waals surface area contributed by atoms with E-state index in [9.17, 15) is 8.42 Å². The summed E-state index contributed by atoms with van der Waals surface area (Å²) in [7, 11) is -3.44. The highest BCUT2D eigenvalue weighted by molar-refractivity contribution is 7.85. The van der Waals surface area contributed by atoms with Gasteiger partial charge in [0.1, 0.15) is 6.10 Å². The van der Waals surface area contributed by atoms with Gasteiger partial charge < -0.3 is 4.74 Å². The summed E-state index contributed by atoms with van der Waals surface area (Å²) in [5, 5.41) is 0. The minimum absolute atomic E-state index is 0.0120. The van der Waals surface area contributed by atoms with Crippen LogP contribution in [0.15, 0.2) is 12.3 Å². The van der Waals surface area contributed by atoms with E-state index in [4.69, 9.17) is 8.92 Å². The molecule has 1 unspecified atom stereocenters. The maximum atomic E-state index is 10.9. The van der Waals surface area contributed by atoms with Gasteiger partial charge in [-0.1, -0.05) is 6.07 Å². The molecule has 0 amide bonds. The highest BCUT2D eigenvalue weighted by atomic mass is 32.2. The van der Waals surface area contributed by atoms with Crippen molar-refractivity contribution in [3.63, 3.8) is 0 Å². The fraction of sp³-hybridized carbons (Fsp3) is 0.545. The van der Waals surface area contributed by atoms with Gasteiger partial charge in [-0.3, -0.25) is 9.17 Å². The van der Waals surface area contributed by atoms with Crippen molar-refractivity contribution in [2.24, 2.45) is 0 Å². The van der Waals surface area contributed by atoms with E-state index in [0.717, 1.165) is 29.5 Å². The predicted octanol–water partition coefficient (Wildman–Crippen LogP) is 0.980. The normalized spacial score (nSPS) is 20.0. The van der Waals surface area contributed by atoms with Crippen LogP contribution in [0.25, 0.3) is 0 Å². The molecule has 2 heterocycles. The van der Waals surface area contributed by atoms with Gasteiger partial charge in [0.15, 0.2) is 0 Å². The van der Waals surface area contributed by atoms with E-state index in [0.29, 0.717) is 6.61 Å². The predicted molar refractivity (Wildman–Crippen MR) is 62.2 cm³/mol. The maximum absolute atomic E-state index is 10.9. The third-order valence-electron chi connectivity index (χ3n) is 2.57.